The Balaban J connectivity index is 2.31. The maximum Gasteiger partial charge on any atom is 0.320 e. The van der Waals surface area contributed by atoms with Gasteiger partial charge in [0.25, 0.3) is 0 Å². The molecule has 0 aromatic heterocycles. The van der Waals surface area contributed by atoms with Gasteiger partial charge in [0, 0.05) is 5.56 Å². The van der Waals surface area contributed by atoms with Crippen LogP contribution >= 0.6 is 0 Å². The fourth-order valence-electron chi connectivity index (χ4n) is 2.23. The Morgan fingerprint density at radius 2 is 1.78 bits per heavy atom. The van der Waals surface area contributed by atoms with Gasteiger partial charge in [-0.25, -0.2) is 0 Å². The zero-order valence-corrected chi connectivity index (χ0v) is 10.4. The van der Waals surface area contributed by atoms with Gasteiger partial charge in [-0.15, -0.1) is 0 Å². The fourth-order valence-corrected chi connectivity index (χ4v) is 2.23. The zero-order valence-electron chi connectivity index (χ0n) is 10.4. The molecule has 0 fully saturated rings. The first kappa shape index (κ1) is 12.6. The molecule has 1 aromatic carbocycles. The van der Waals surface area contributed by atoms with Crippen molar-refractivity contribution >= 4 is 11.8 Å². The van der Waals surface area contributed by atoms with Gasteiger partial charge in [-0.2, -0.15) is 0 Å². The fraction of sp³-hybridized carbons (Fsp3) is 0.333. The van der Waals surface area contributed by atoms with Gasteiger partial charge in [0.15, 0.2) is 5.78 Å². The third-order valence-corrected chi connectivity index (χ3v) is 3.24. The van der Waals surface area contributed by atoms with E-state index in [-0.39, 0.29) is 5.78 Å². The number of carbonyl (C=O) groups is 2. The summed E-state index contributed by atoms with van der Waals surface area (Å²) in [5.74, 6) is -0.560. The van der Waals surface area contributed by atoms with Crippen LogP contribution in [0, 0.1) is 5.41 Å². The topological polar surface area (TPSA) is 43.4 Å². The number of hydrogen-bond acceptors (Lipinski definition) is 3. The third-order valence-electron chi connectivity index (χ3n) is 3.24. The largest absolute Gasteiger partial charge is 0.465 e. The number of allylic oxidation sites excluding steroid dienone is 2. The molecule has 0 saturated heterocycles. The van der Waals surface area contributed by atoms with Gasteiger partial charge in [-0.1, -0.05) is 42.5 Å². The van der Waals surface area contributed by atoms with Crippen molar-refractivity contribution in [1.29, 1.82) is 0 Å². The first-order valence-electron chi connectivity index (χ1n) is 6.13. The summed E-state index contributed by atoms with van der Waals surface area (Å²) in [5, 5.41) is 0. The molecule has 0 atom stereocenters. The van der Waals surface area contributed by atoms with Crippen LogP contribution in [-0.4, -0.2) is 18.4 Å². The number of hydrogen-bond donors (Lipinski definition) is 0. The molecule has 1 aromatic rings. The maximum atomic E-state index is 12.5. The summed E-state index contributed by atoms with van der Waals surface area (Å²) in [7, 11) is 0. The van der Waals surface area contributed by atoms with E-state index in [1.165, 1.54) is 0 Å². The molecule has 0 spiro atoms. The Morgan fingerprint density at radius 1 is 1.17 bits per heavy atom. The molecule has 94 valence electrons. The Kier molecular flexibility index (Phi) is 3.60. The molecule has 2 rings (SSSR count). The number of esters is 1. The van der Waals surface area contributed by atoms with E-state index in [0.717, 1.165) is 0 Å². The Bertz CT molecular complexity index is 466. The summed E-state index contributed by atoms with van der Waals surface area (Å²) in [6.45, 7) is 2.05. The highest BCUT2D eigenvalue weighted by Gasteiger charge is 2.47. The second-order valence-corrected chi connectivity index (χ2v) is 4.38. The van der Waals surface area contributed by atoms with Crippen molar-refractivity contribution in [1.82, 2.24) is 0 Å². The number of carbonyl (C=O) groups excluding carboxylic acids is 2. The molecule has 0 bridgehead atoms. The van der Waals surface area contributed by atoms with Gasteiger partial charge in [-0.05, 0) is 19.8 Å². The monoisotopic (exact) mass is 244 g/mol. The van der Waals surface area contributed by atoms with E-state index in [0.29, 0.717) is 25.0 Å². The van der Waals surface area contributed by atoms with Crippen molar-refractivity contribution in [3.05, 3.63) is 48.0 Å². The van der Waals surface area contributed by atoms with Crippen molar-refractivity contribution in [2.45, 2.75) is 19.8 Å². The lowest BCUT2D eigenvalue weighted by atomic mass is 9.78. The third kappa shape index (κ3) is 2.08. The SMILES string of the molecule is CCOC(=O)C1(C(=O)c2ccccc2)CC=CC1. The van der Waals surface area contributed by atoms with E-state index in [2.05, 4.69) is 0 Å². The summed E-state index contributed by atoms with van der Waals surface area (Å²) in [6, 6.07) is 8.92. The Morgan fingerprint density at radius 3 is 2.33 bits per heavy atom. The van der Waals surface area contributed by atoms with Gasteiger partial charge in [0.2, 0.25) is 0 Å². The highest BCUT2D eigenvalue weighted by atomic mass is 16.5. The van der Waals surface area contributed by atoms with Crippen LogP contribution < -0.4 is 0 Å². The second-order valence-electron chi connectivity index (χ2n) is 4.38. The Hall–Kier alpha value is -1.90. The van der Waals surface area contributed by atoms with Crippen molar-refractivity contribution in [3.8, 4) is 0 Å². The molecule has 0 N–H and O–H groups in total. The van der Waals surface area contributed by atoms with Crippen LogP contribution in [0.4, 0.5) is 0 Å². The van der Waals surface area contributed by atoms with Crippen LogP contribution in [0.15, 0.2) is 42.5 Å². The number of Topliss-reactive ketones (excluding diaryl/α,β-unsaturated/α-hetero) is 1. The standard InChI is InChI=1S/C15H16O3/c1-2-18-14(17)15(10-6-7-11-15)13(16)12-8-4-3-5-9-12/h3-9H,2,10-11H2,1H3. The maximum absolute atomic E-state index is 12.5. The average molecular weight is 244 g/mol. The van der Waals surface area contributed by atoms with Gasteiger partial charge in [0.1, 0.15) is 5.41 Å². The van der Waals surface area contributed by atoms with Crippen LogP contribution in [-0.2, 0) is 9.53 Å². The van der Waals surface area contributed by atoms with E-state index in [1.807, 2.05) is 18.2 Å². The molecular weight excluding hydrogens is 228 g/mol. The molecule has 0 heterocycles. The molecule has 0 unspecified atom stereocenters. The minimum atomic E-state index is -1.04. The molecule has 3 nitrogen and oxygen atoms in total. The molecule has 0 aliphatic heterocycles. The number of benzene rings is 1. The molecule has 1 aliphatic carbocycles. The predicted octanol–water partition coefficient (Wildman–Crippen LogP) is 2.77. The molecule has 0 radical (unpaired) electrons. The lowest BCUT2D eigenvalue weighted by Crippen LogP contribution is -2.38. The van der Waals surface area contributed by atoms with E-state index in [1.54, 1.807) is 31.2 Å². The summed E-state index contributed by atoms with van der Waals surface area (Å²) in [5.41, 5.74) is -0.480. The van der Waals surface area contributed by atoms with Gasteiger partial charge >= 0.3 is 5.97 Å². The van der Waals surface area contributed by atoms with Gasteiger partial charge < -0.3 is 4.74 Å². The normalized spacial score (nSPS) is 16.5. The van der Waals surface area contributed by atoms with E-state index in [4.69, 9.17) is 4.74 Å². The Labute approximate surface area is 106 Å². The predicted molar refractivity (Wildman–Crippen MR) is 68.2 cm³/mol. The van der Waals surface area contributed by atoms with Crippen LogP contribution in [0.3, 0.4) is 0 Å². The second kappa shape index (κ2) is 5.17. The lowest BCUT2D eigenvalue weighted by Gasteiger charge is -2.24. The van der Waals surface area contributed by atoms with Gasteiger partial charge in [-0.3, -0.25) is 9.59 Å². The van der Waals surface area contributed by atoms with Crippen LogP contribution in [0.2, 0.25) is 0 Å². The molecule has 0 saturated carbocycles. The number of rotatable bonds is 4. The highest BCUT2D eigenvalue weighted by molar-refractivity contribution is 6.13. The summed E-state index contributed by atoms with van der Waals surface area (Å²) in [6.07, 6.45) is 4.61. The summed E-state index contributed by atoms with van der Waals surface area (Å²) < 4.78 is 5.07. The van der Waals surface area contributed by atoms with Crippen LogP contribution in [0.1, 0.15) is 30.1 Å². The van der Waals surface area contributed by atoms with Crippen molar-refractivity contribution < 1.29 is 14.3 Å². The molecule has 0 amide bonds. The number of ketones is 1. The van der Waals surface area contributed by atoms with E-state index < -0.39 is 11.4 Å². The van der Waals surface area contributed by atoms with Crippen molar-refractivity contribution in [2.75, 3.05) is 6.61 Å². The average Bonchev–Trinajstić information content (AvgIpc) is 2.90. The molecule has 18 heavy (non-hydrogen) atoms. The first-order valence-corrected chi connectivity index (χ1v) is 6.13. The lowest BCUT2D eigenvalue weighted by molar-refractivity contribution is -0.151. The van der Waals surface area contributed by atoms with E-state index >= 15 is 0 Å². The minimum Gasteiger partial charge on any atom is -0.465 e. The molecule has 1 aliphatic rings. The van der Waals surface area contributed by atoms with Crippen LogP contribution in [0.5, 0.6) is 0 Å². The van der Waals surface area contributed by atoms with E-state index in [9.17, 15) is 9.59 Å². The smallest absolute Gasteiger partial charge is 0.320 e. The minimum absolute atomic E-state index is 0.147. The van der Waals surface area contributed by atoms with Crippen LogP contribution in [0.25, 0.3) is 0 Å². The summed E-state index contributed by atoms with van der Waals surface area (Å²) >= 11 is 0. The highest BCUT2D eigenvalue weighted by Crippen LogP contribution is 2.38. The molecular formula is C15H16O3. The summed E-state index contributed by atoms with van der Waals surface area (Å²) in [4.78, 5) is 24.6. The first-order chi connectivity index (χ1) is 8.70. The number of ether oxygens (including phenoxy) is 1. The zero-order chi connectivity index (χ0) is 13.0. The quantitative estimate of drug-likeness (QED) is 0.354. The van der Waals surface area contributed by atoms with Crippen molar-refractivity contribution in [3.63, 3.8) is 0 Å². The van der Waals surface area contributed by atoms with Gasteiger partial charge in [0.05, 0.1) is 6.61 Å². The molecule has 3 heteroatoms. The van der Waals surface area contributed by atoms with Crippen molar-refractivity contribution in [2.24, 2.45) is 5.41 Å².